The molecule has 1 heterocycles. The van der Waals surface area contributed by atoms with Crippen molar-refractivity contribution in [3.8, 4) is 0 Å². The van der Waals surface area contributed by atoms with Gasteiger partial charge in [0.05, 0.1) is 5.97 Å². The van der Waals surface area contributed by atoms with Crippen LogP contribution in [0.15, 0.2) is 48.5 Å². The van der Waals surface area contributed by atoms with Crippen LogP contribution in [-0.2, 0) is 0 Å². The number of carbonyl (C=O) groups is 2. The fourth-order valence-electron chi connectivity index (χ4n) is 4.49. The molecule has 1 saturated heterocycles. The number of nitrogens with zero attached hydrogens (tertiary/aromatic N) is 2. The summed E-state index contributed by atoms with van der Waals surface area (Å²) in [6.07, 6.45) is 6.68. The van der Waals surface area contributed by atoms with E-state index in [0.29, 0.717) is 18.7 Å². The smallest absolute Gasteiger partial charge is 0.253 e. The Balaban J connectivity index is 1.34. The predicted octanol–water partition coefficient (Wildman–Crippen LogP) is 3.06. The average molecular weight is 391 g/mol. The number of amides is 1. The van der Waals surface area contributed by atoms with Gasteiger partial charge in [0.2, 0.25) is 0 Å². The van der Waals surface area contributed by atoms with Crippen molar-refractivity contribution in [1.82, 2.24) is 4.90 Å². The van der Waals surface area contributed by atoms with Crippen molar-refractivity contribution in [3.05, 3.63) is 65.2 Å². The van der Waals surface area contributed by atoms with Crippen LogP contribution in [0.4, 0.5) is 5.69 Å². The molecule has 1 aliphatic carbocycles. The molecule has 0 unspecified atom stereocenters. The maximum absolute atomic E-state index is 12.7. The molecule has 1 amide bonds. The number of carbonyl (C=O) groups excluding carboxylic acids is 2. The SMILES string of the molecule is O=C([O-])c1ccc(C(=O)N2CCN(c3ccc(C4CCCCC4)cc3)CC2)cc1. The van der Waals surface area contributed by atoms with E-state index < -0.39 is 5.97 Å². The Labute approximate surface area is 171 Å². The largest absolute Gasteiger partial charge is 0.545 e. The summed E-state index contributed by atoms with van der Waals surface area (Å²) in [7, 11) is 0. The summed E-state index contributed by atoms with van der Waals surface area (Å²) in [5.74, 6) is -0.565. The Bertz CT molecular complexity index is 847. The lowest BCUT2D eigenvalue weighted by Gasteiger charge is -2.36. The van der Waals surface area contributed by atoms with Crippen molar-refractivity contribution in [3.63, 3.8) is 0 Å². The van der Waals surface area contributed by atoms with Crippen LogP contribution in [0.3, 0.4) is 0 Å². The van der Waals surface area contributed by atoms with Gasteiger partial charge in [-0.15, -0.1) is 0 Å². The number of anilines is 1. The first-order chi connectivity index (χ1) is 14.1. The summed E-state index contributed by atoms with van der Waals surface area (Å²) >= 11 is 0. The van der Waals surface area contributed by atoms with Gasteiger partial charge in [0.25, 0.3) is 5.91 Å². The normalized spacial score (nSPS) is 17.9. The third-order valence-corrected chi connectivity index (χ3v) is 6.27. The number of benzene rings is 2. The van der Waals surface area contributed by atoms with Crippen molar-refractivity contribution < 1.29 is 14.7 Å². The van der Waals surface area contributed by atoms with Crippen molar-refractivity contribution in [1.29, 1.82) is 0 Å². The Morgan fingerprint density at radius 3 is 1.93 bits per heavy atom. The average Bonchev–Trinajstić information content (AvgIpc) is 2.79. The summed E-state index contributed by atoms with van der Waals surface area (Å²) in [4.78, 5) is 27.7. The number of piperazine rings is 1. The number of carboxylic acid groups (broad SMARTS) is 1. The minimum atomic E-state index is -1.23. The Hall–Kier alpha value is -2.82. The van der Waals surface area contributed by atoms with E-state index in [1.54, 1.807) is 12.1 Å². The van der Waals surface area contributed by atoms with Crippen LogP contribution in [-0.4, -0.2) is 43.0 Å². The van der Waals surface area contributed by atoms with Crippen molar-refractivity contribution in [2.75, 3.05) is 31.1 Å². The highest BCUT2D eigenvalue weighted by Gasteiger charge is 2.23. The van der Waals surface area contributed by atoms with Crippen molar-refractivity contribution in [2.45, 2.75) is 38.0 Å². The van der Waals surface area contributed by atoms with Crippen LogP contribution in [0.25, 0.3) is 0 Å². The highest BCUT2D eigenvalue weighted by molar-refractivity contribution is 5.95. The second-order valence-electron chi connectivity index (χ2n) is 8.07. The highest BCUT2D eigenvalue weighted by Crippen LogP contribution is 2.33. The first kappa shape index (κ1) is 19.5. The highest BCUT2D eigenvalue weighted by atomic mass is 16.4. The molecule has 2 aromatic rings. The number of hydrogen-bond acceptors (Lipinski definition) is 4. The molecule has 0 bridgehead atoms. The monoisotopic (exact) mass is 391 g/mol. The zero-order chi connectivity index (χ0) is 20.2. The van der Waals surface area contributed by atoms with Crippen LogP contribution in [0.2, 0.25) is 0 Å². The van der Waals surface area contributed by atoms with Gasteiger partial charge in [-0.3, -0.25) is 4.79 Å². The third kappa shape index (κ3) is 4.44. The van der Waals surface area contributed by atoms with Crippen molar-refractivity contribution in [2.24, 2.45) is 0 Å². The molecular weight excluding hydrogens is 364 g/mol. The summed E-state index contributed by atoms with van der Waals surface area (Å²) in [6, 6.07) is 15.0. The van der Waals surface area contributed by atoms with E-state index in [-0.39, 0.29) is 11.5 Å². The predicted molar refractivity (Wildman–Crippen MR) is 111 cm³/mol. The van der Waals surface area contributed by atoms with Gasteiger partial charge in [0.15, 0.2) is 0 Å². The van der Waals surface area contributed by atoms with E-state index >= 15 is 0 Å². The summed E-state index contributed by atoms with van der Waals surface area (Å²) in [6.45, 7) is 2.91. The summed E-state index contributed by atoms with van der Waals surface area (Å²) < 4.78 is 0. The molecule has 2 fully saturated rings. The molecule has 5 heteroatoms. The molecule has 0 aromatic heterocycles. The molecule has 2 aliphatic rings. The first-order valence-corrected chi connectivity index (χ1v) is 10.6. The lowest BCUT2D eigenvalue weighted by atomic mass is 9.84. The number of rotatable bonds is 4. The molecular formula is C24H27N2O3-. The molecule has 1 aliphatic heterocycles. The maximum Gasteiger partial charge on any atom is 0.253 e. The maximum atomic E-state index is 12.7. The van der Waals surface area contributed by atoms with E-state index in [1.165, 1.54) is 55.5 Å². The lowest BCUT2D eigenvalue weighted by Crippen LogP contribution is -2.48. The van der Waals surface area contributed by atoms with Gasteiger partial charge in [-0.1, -0.05) is 43.5 Å². The number of hydrogen-bond donors (Lipinski definition) is 0. The van der Waals surface area contributed by atoms with Crippen molar-refractivity contribution >= 4 is 17.6 Å². The quantitative estimate of drug-likeness (QED) is 0.804. The Kier molecular flexibility index (Phi) is 5.84. The molecule has 5 nitrogen and oxygen atoms in total. The van der Waals surface area contributed by atoms with Gasteiger partial charge in [0.1, 0.15) is 0 Å². The second kappa shape index (κ2) is 8.68. The minimum Gasteiger partial charge on any atom is -0.545 e. The van der Waals surface area contributed by atoms with E-state index in [0.717, 1.165) is 19.0 Å². The van der Waals surface area contributed by atoms with E-state index in [9.17, 15) is 14.7 Å². The van der Waals surface area contributed by atoms with E-state index in [1.807, 2.05) is 4.90 Å². The fraction of sp³-hybridized carbons (Fsp3) is 0.417. The van der Waals surface area contributed by atoms with Crippen LogP contribution >= 0.6 is 0 Å². The van der Waals surface area contributed by atoms with Crippen LogP contribution < -0.4 is 10.0 Å². The molecule has 29 heavy (non-hydrogen) atoms. The molecule has 0 N–H and O–H groups in total. The Morgan fingerprint density at radius 1 is 0.759 bits per heavy atom. The standard InChI is InChI=1S/C24H28N2O3/c27-23(20-6-8-21(9-7-20)24(28)29)26-16-14-25(15-17-26)22-12-10-19(11-13-22)18-4-2-1-3-5-18/h6-13,18H,1-5,14-17H2,(H,28,29)/p-1. The van der Waals surface area contributed by atoms with Gasteiger partial charge < -0.3 is 19.7 Å². The van der Waals surface area contributed by atoms with E-state index in [4.69, 9.17) is 0 Å². The van der Waals surface area contributed by atoms with Crippen LogP contribution in [0, 0.1) is 0 Å². The molecule has 4 rings (SSSR count). The fourth-order valence-corrected chi connectivity index (χ4v) is 4.49. The van der Waals surface area contributed by atoms with Gasteiger partial charge in [0, 0.05) is 37.4 Å². The molecule has 1 saturated carbocycles. The third-order valence-electron chi connectivity index (χ3n) is 6.27. The lowest BCUT2D eigenvalue weighted by molar-refractivity contribution is -0.255. The van der Waals surface area contributed by atoms with Gasteiger partial charge in [-0.25, -0.2) is 0 Å². The molecule has 0 radical (unpaired) electrons. The number of aromatic carboxylic acids is 1. The zero-order valence-electron chi connectivity index (χ0n) is 16.7. The Morgan fingerprint density at radius 2 is 1.34 bits per heavy atom. The minimum absolute atomic E-state index is 0.0535. The first-order valence-electron chi connectivity index (χ1n) is 10.6. The van der Waals surface area contributed by atoms with Crippen LogP contribution in [0.5, 0.6) is 0 Å². The number of carboxylic acids is 1. The topological polar surface area (TPSA) is 63.7 Å². The summed E-state index contributed by atoms with van der Waals surface area (Å²) in [5, 5.41) is 10.9. The van der Waals surface area contributed by atoms with Gasteiger partial charge in [-0.2, -0.15) is 0 Å². The molecule has 2 aromatic carbocycles. The van der Waals surface area contributed by atoms with Gasteiger partial charge in [-0.05, 0) is 54.2 Å². The molecule has 152 valence electrons. The second-order valence-corrected chi connectivity index (χ2v) is 8.07. The van der Waals surface area contributed by atoms with E-state index in [2.05, 4.69) is 29.2 Å². The van der Waals surface area contributed by atoms with Crippen LogP contribution in [0.1, 0.15) is 64.3 Å². The molecule has 0 spiro atoms. The zero-order valence-corrected chi connectivity index (χ0v) is 16.7. The van der Waals surface area contributed by atoms with Gasteiger partial charge >= 0.3 is 0 Å². The molecule has 0 atom stereocenters. The summed E-state index contributed by atoms with van der Waals surface area (Å²) in [5.41, 5.74) is 3.28.